The first-order chi connectivity index (χ1) is 9.82. The minimum atomic E-state index is -1.26. The fourth-order valence-corrected chi connectivity index (χ4v) is 2.14. The maximum atomic E-state index is 11.3. The zero-order valence-electron chi connectivity index (χ0n) is 12.6. The van der Waals surface area contributed by atoms with Crippen molar-refractivity contribution in [3.05, 3.63) is 39.4 Å². The predicted octanol–water partition coefficient (Wildman–Crippen LogP) is 1.68. The van der Waals surface area contributed by atoms with Crippen LogP contribution in [0.4, 0.5) is 5.69 Å². The molecule has 1 aromatic carbocycles. The van der Waals surface area contributed by atoms with Gasteiger partial charge in [0.2, 0.25) is 0 Å². The van der Waals surface area contributed by atoms with Crippen molar-refractivity contribution in [2.24, 2.45) is 0 Å². The number of nitro groups is 1. The molecule has 0 saturated heterocycles. The maximum Gasteiger partial charge on any atom is 0.343 e. The van der Waals surface area contributed by atoms with Gasteiger partial charge in [0.15, 0.2) is 0 Å². The van der Waals surface area contributed by atoms with Crippen LogP contribution in [0.1, 0.15) is 22.3 Å². The van der Waals surface area contributed by atoms with E-state index in [9.17, 15) is 20.0 Å². The second-order valence-corrected chi connectivity index (χ2v) is 5.27. The molecule has 0 heterocycles. The minimum absolute atomic E-state index is 0.220. The van der Waals surface area contributed by atoms with Crippen molar-refractivity contribution < 1.29 is 14.8 Å². The first-order valence-electron chi connectivity index (χ1n) is 6.65. The Balaban J connectivity index is 2.85. The lowest BCUT2D eigenvalue weighted by Gasteiger charge is -2.19. The molecular weight excluding hydrogens is 274 g/mol. The SMILES string of the molecule is CN(C)CCCN(C)Cc1cccc([N+](=O)[O-])c1C(=O)O. The van der Waals surface area contributed by atoms with Crippen LogP contribution in [0.5, 0.6) is 0 Å². The molecule has 0 spiro atoms. The Hall–Kier alpha value is -1.99. The zero-order valence-corrected chi connectivity index (χ0v) is 12.6. The number of hydrogen-bond acceptors (Lipinski definition) is 5. The van der Waals surface area contributed by atoms with Crippen LogP contribution in [0.25, 0.3) is 0 Å². The normalized spacial score (nSPS) is 11.1. The Bertz CT molecular complexity index is 517. The molecule has 1 rings (SSSR count). The summed E-state index contributed by atoms with van der Waals surface area (Å²) in [5.74, 6) is -1.26. The number of carboxylic acids is 1. The van der Waals surface area contributed by atoms with Gasteiger partial charge in [-0.1, -0.05) is 12.1 Å². The fourth-order valence-electron chi connectivity index (χ4n) is 2.14. The Labute approximate surface area is 123 Å². The van der Waals surface area contributed by atoms with Crippen LogP contribution in [0.15, 0.2) is 18.2 Å². The van der Waals surface area contributed by atoms with Gasteiger partial charge in [-0.25, -0.2) is 4.79 Å². The van der Waals surface area contributed by atoms with E-state index in [1.807, 2.05) is 26.0 Å². The quantitative estimate of drug-likeness (QED) is 0.580. The highest BCUT2D eigenvalue weighted by molar-refractivity contribution is 5.94. The Morgan fingerprint density at radius 3 is 2.48 bits per heavy atom. The zero-order chi connectivity index (χ0) is 16.0. The van der Waals surface area contributed by atoms with Crippen molar-refractivity contribution in [2.75, 3.05) is 34.2 Å². The van der Waals surface area contributed by atoms with Crippen LogP contribution in [0.2, 0.25) is 0 Å². The summed E-state index contributed by atoms with van der Waals surface area (Å²) in [5.41, 5.74) is -0.118. The Morgan fingerprint density at radius 2 is 1.95 bits per heavy atom. The third-order valence-electron chi connectivity index (χ3n) is 3.12. The molecule has 116 valence electrons. The molecule has 1 aromatic rings. The molecule has 21 heavy (non-hydrogen) atoms. The largest absolute Gasteiger partial charge is 0.477 e. The third kappa shape index (κ3) is 5.13. The molecule has 0 bridgehead atoms. The summed E-state index contributed by atoms with van der Waals surface area (Å²) in [7, 11) is 5.85. The lowest BCUT2D eigenvalue weighted by molar-refractivity contribution is -0.385. The van der Waals surface area contributed by atoms with Crippen LogP contribution >= 0.6 is 0 Å². The van der Waals surface area contributed by atoms with Crippen molar-refractivity contribution in [2.45, 2.75) is 13.0 Å². The van der Waals surface area contributed by atoms with E-state index in [0.29, 0.717) is 12.1 Å². The molecule has 0 amide bonds. The smallest absolute Gasteiger partial charge is 0.343 e. The van der Waals surface area contributed by atoms with E-state index in [4.69, 9.17) is 0 Å². The van der Waals surface area contributed by atoms with Crippen LogP contribution in [-0.2, 0) is 6.54 Å². The first-order valence-corrected chi connectivity index (χ1v) is 6.65. The van der Waals surface area contributed by atoms with Gasteiger partial charge in [0, 0.05) is 12.6 Å². The molecule has 7 heteroatoms. The summed E-state index contributed by atoms with van der Waals surface area (Å²) < 4.78 is 0. The highest BCUT2D eigenvalue weighted by atomic mass is 16.6. The first kappa shape index (κ1) is 17.1. The van der Waals surface area contributed by atoms with Gasteiger partial charge in [-0.2, -0.15) is 0 Å². The van der Waals surface area contributed by atoms with Crippen LogP contribution in [0, 0.1) is 10.1 Å². The summed E-state index contributed by atoms with van der Waals surface area (Å²) in [6, 6.07) is 4.37. The summed E-state index contributed by atoms with van der Waals surface area (Å²) in [5, 5.41) is 20.2. The number of aromatic carboxylic acids is 1. The van der Waals surface area contributed by atoms with Crippen molar-refractivity contribution in [3.63, 3.8) is 0 Å². The molecule has 0 saturated carbocycles. The lowest BCUT2D eigenvalue weighted by atomic mass is 10.0. The lowest BCUT2D eigenvalue weighted by Crippen LogP contribution is -2.24. The standard InChI is InChI=1S/C14H21N3O4/c1-15(2)8-5-9-16(3)10-11-6-4-7-12(17(20)21)13(11)14(18)19/h4,6-7H,5,8-10H2,1-3H3,(H,18,19). The van der Waals surface area contributed by atoms with E-state index >= 15 is 0 Å². The van der Waals surface area contributed by atoms with Gasteiger partial charge in [0.1, 0.15) is 5.56 Å². The van der Waals surface area contributed by atoms with Crippen LogP contribution in [0.3, 0.4) is 0 Å². The predicted molar refractivity (Wildman–Crippen MR) is 79.6 cm³/mol. The number of benzene rings is 1. The molecule has 0 atom stereocenters. The van der Waals surface area contributed by atoms with Gasteiger partial charge in [0.05, 0.1) is 4.92 Å². The number of hydrogen-bond donors (Lipinski definition) is 1. The van der Waals surface area contributed by atoms with Gasteiger partial charge in [-0.05, 0) is 46.2 Å². The second-order valence-electron chi connectivity index (χ2n) is 5.27. The highest BCUT2D eigenvalue weighted by Crippen LogP contribution is 2.23. The average Bonchev–Trinajstić information content (AvgIpc) is 2.37. The summed E-state index contributed by atoms with van der Waals surface area (Å²) in [6.45, 7) is 2.10. The van der Waals surface area contributed by atoms with Gasteiger partial charge < -0.3 is 14.9 Å². The molecule has 0 fully saturated rings. The summed E-state index contributed by atoms with van der Waals surface area (Å²) >= 11 is 0. The third-order valence-corrected chi connectivity index (χ3v) is 3.12. The van der Waals surface area contributed by atoms with E-state index in [-0.39, 0.29) is 11.3 Å². The number of nitro benzene ring substituents is 1. The molecule has 0 aliphatic rings. The van der Waals surface area contributed by atoms with Crippen LogP contribution in [-0.4, -0.2) is 60.0 Å². The van der Waals surface area contributed by atoms with Crippen molar-refractivity contribution in [1.82, 2.24) is 9.80 Å². The molecule has 0 aliphatic heterocycles. The molecule has 0 aromatic heterocycles. The number of carbonyl (C=O) groups is 1. The van der Waals surface area contributed by atoms with Gasteiger partial charge >= 0.3 is 5.97 Å². The van der Waals surface area contributed by atoms with E-state index in [0.717, 1.165) is 19.5 Å². The molecule has 1 N–H and O–H groups in total. The molecule has 0 aliphatic carbocycles. The summed E-state index contributed by atoms with van der Waals surface area (Å²) in [6.07, 6.45) is 0.945. The average molecular weight is 295 g/mol. The van der Waals surface area contributed by atoms with E-state index in [2.05, 4.69) is 4.90 Å². The van der Waals surface area contributed by atoms with Crippen molar-refractivity contribution in [1.29, 1.82) is 0 Å². The number of rotatable bonds is 8. The van der Waals surface area contributed by atoms with E-state index in [1.54, 1.807) is 6.07 Å². The summed E-state index contributed by atoms with van der Waals surface area (Å²) in [4.78, 5) is 25.6. The van der Waals surface area contributed by atoms with E-state index < -0.39 is 10.9 Å². The maximum absolute atomic E-state index is 11.3. The van der Waals surface area contributed by atoms with E-state index in [1.165, 1.54) is 12.1 Å². The van der Waals surface area contributed by atoms with Crippen molar-refractivity contribution in [3.8, 4) is 0 Å². The van der Waals surface area contributed by atoms with Crippen LogP contribution < -0.4 is 0 Å². The Morgan fingerprint density at radius 1 is 1.29 bits per heavy atom. The minimum Gasteiger partial charge on any atom is -0.477 e. The monoisotopic (exact) mass is 295 g/mol. The molecule has 0 unspecified atom stereocenters. The van der Waals surface area contributed by atoms with Crippen molar-refractivity contribution >= 4 is 11.7 Å². The number of nitrogens with zero attached hydrogens (tertiary/aromatic N) is 3. The van der Waals surface area contributed by atoms with Gasteiger partial charge in [0.25, 0.3) is 5.69 Å². The van der Waals surface area contributed by atoms with Gasteiger partial charge in [-0.15, -0.1) is 0 Å². The molecular formula is C14H21N3O4. The molecule has 7 nitrogen and oxygen atoms in total. The Kier molecular flexibility index (Phi) is 6.26. The molecule has 0 radical (unpaired) electrons. The number of carboxylic acid groups (broad SMARTS) is 1. The topological polar surface area (TPSA) is 86.9 Å². The second kappa shape index (κ2) is 7.70. The highest BCUT2D eigenvalue weighted by Gasteiger charge is 2.23. The van der Waals surface area contributed by atoms with Gasteiger partial charge in [-0.3, -0.25) is 10.1 Å². The fraction of sp³-hybridized carbons (Fsp3) is 0.500.